The van der Waals surface area contributed by atoms with E-state index in [4.69, 9.17) is 0 Å². The van der Waals surface area contributed by atoms with Crippen LogP contribution >= 0.6 is 0 Å². The molecule has 0 aromatic heterocycles. The molecule has 0 bridgehead atoms. The second-order valence-corrected chi connectivity index (χ2v) is 10.3. The number of quaternary nitrogens is 2. The molecule has 198 valence electrons. The summed E-state index contributed by atoms with van der Waals surface area (Å²) in [6.07, 6.45) is 19.5. The molecule has 0 atom stereocenters. The fourth-order valence-corrected chi connectivity index (χ4v) is 5.20. The van der Waals surface area contributed by atoms with Crippen LogP contribution < -0.4 is 34.0 Å². The Morgan fingerprint density at radius 2 is 0.438 bits per heavy atom. The van der Waals surface area contributed by atoms with Gasteiger partial charge in [0.15, 0.2) is 0 Å². The van der Waals surface area contributed by atoms with Gasteiger partial charge in [-0.05, 0) is 38.5 Å². The van der Waals surface area contributed by atoms with Crippen LogP contribution in [0, 0.1) is 0 Å². The SMILES string of the molecule is CCCC[N+](CCCC)(CCCC)CCCC[N+](CCCC)(CCCC)CCCC.[Br-].[Br-]. The molecule has 0 radical (unpaired) electrons. The van der Waals surface area contributed by atoms with Gasteiger partial charge in [0.2, 0.25) is 0 Å². The molecule has 0 saturated carbocycles. The van der Waals surface area contributed by atoms with Gasteiger partial charge in [-0.3, -0.25) is 0 Å². The van der Waals surface area contributed by atoms with Crippen molar-refractivity contribution in [1.29, 1.82) is 0 Å². The van der Waals surface area contributed by atoms with E-state index in [1.807, 2.05) is 0 Å². The highest BCUT2D eigenvalue weighted by Crippen LogP contribution is 2.20. The van der Waals surface area contributed by atoms with E-state index < -0.39 is 0 Å². The predicted molar refractivity (Wildman–Crippen MR) is 138 cm³/mol. The van der Waals surface area contributed by atoms with Crippen LogP contribution in [0.4, 0.5) is 0 Å². The van der Waals surface area contributed by atoms with E-state index in [0.29, 0.717) is 0 Å². The Morgan fingerprint density at radius 3 is 0.594 bits per heavy atom. The highest BCUT2D eigenvalue weighted by atomic mass is 79.9. The molecule has 0 heterocycles. The molecule has 0 aromatic rings. The summed E-state index contributed by atoms with van der Waals surface area (Å²) < 4.78 is 2.85. The van der Waals surface area contributed by atoms with Crippen molar-refractivity contribution in [2.75, 3.05) is 52.4 Å². The number of rotatable bonds is 23. The molecule has 2 nitrogen and oxygen atoms in total. The lowest BCUT2D eigenvalue weighted by molar-refractivity contribution is -0.934. The lowest BCUT2D eigenvalue weighted by atomic mass is 10.1. The number of halogens is 2. The standard InChI is InChI=1S/C28H62N2.2BrH/c1-7-13-21-29(22-14-8-2,23-15-9-3)27-19-20-28-30(24-16-10-4,25-17-11-5)26-18-12-6;;/h7-28H2,1-6H3;2*1H/q+2;;/p-2. The molecule has 4 heteroatoms. The Labute approximate surface area is 226 Å². The normalized spacial score (nSPS) is 11.8. The quantitative estimate of drug-likeness (QED) is 0.127. The van der Waals surface area contributed by atoms with Crippen LogP contribution in [-0.4, -0.2) is 61.3 Å². The average molecular weight is 587 g/mol. The maximum atomic E-state index is 2.37. The Morgan fingerprint density at radius 1 is 0.281 bits per heavy atom. The maximum absolute atomic E-state index is 2.37. The number of unbranched alkanes of at least 4 members (excludes halogenated alkanes) is 7. The molecule has 0 aliphatic heterocycles. The second-order valence-electron chi connectivity index (χ2n) is 10.3. The summed E-state index contributed by atoms with van der Waals surface area (Å²) in [5.74, 6) is 0. The fraction of sp³-hybridized carbons (Fsp3) is 1.00. The minimum absolute atomic E-state index is 0. The number of hydrogen-bond acceptors (Lipinski definition) is 0. The van der Waals surface area contributed by atoms with Crippen LogP contribution in [0.5, 0.6) is 0 Å². The van der Waals surface area contributed by atoms with Crippen LogP contribution in [0.3, 0.4) is 0 Å². The first-order valence-corrected chi connectivity index (χ1v) is 14.3. The lowest BCUT2D eigenvalue weighted by Crippen LogP contribution is -3.00. The van der Waals surface area contributed by atoms with Crippen molar-refractivity contribution < 1.29 is 42.9 Å². The van der Waals surface area contributed by atoms with Gasteiger partial charge in [0, 0.05) is 12.8 Å². The Bertz CT molecular complexity index is 286. The maximum Gasteiger partial charge on any atom is 0.0788 e. The topological polar surface area (TPSA) is 0 Å². The first-order valence-electron chi connectivity index (χ1n) is 14.3. The minimum Gasteiger partial charge on any atom is -1.00 e. The summed E-state index contributed by atoms with van der Waals surface area (Å²) in [5, 5.41) is 0. The van der Waals surface area contributed by atoms with Crippen LogP contribution in [0.25, 0.3) is 0 Å². The van der Waals surface area contributed by atoms with E-state index in [1.54, 1.807) is 0 Å². The Hall–Kier alpha value is 0.880. The van der Waals surface area contributed by atoms with Gasteiger partial charge in [-0.25, -0.2) is 0 Å². The van der Waals surface area contributed by atoms with Gasteiger partial charge in [-0.2, -0.15) is 0 Å². The molecule has 0 rings (SSSR count). The van der Waals surface area contributed by atoms with Crippen molar-refractivity contribution in [3.05, 3.63) is 0 Å². The summed E-state index contributed by atoms with van der Waals surface area (Å²) in [5.41, 5.74) is 0. The molecular formula is C28H62Br2N2. The summed E-state index contributed by atoms with van der Waals surface area (Å²) in [6, 6.07) is 0. The third-order valence-electron chi connectivity index (χ3n) is 7.43. The van der Waals surface area contributed by atoms with E-state index in [-0.39, 0.29) is 34.0 Å². The minimum atomic E-state index is 0. The smallest absolute Gasteiger partial charge is 0.0788 e. The van der Waals surface area contributed by atoms with Crippen molar-refractivity contribution in [3.63, 3.8) is 0 Å². The zero-order chi connectivity index (χ0) is 22.6. The first-order chi connectivity index (χ1) is 14.6. The third kappa shape index (κ3) is 17.3. The fourth-order valence-electron chi connectivity index (χ4n) is 5.20. The van der Waals surface area contributed by atoms with Crippen LogP contribution in [0.1, 0.15) is 131 Å². The third-order valence-corrected chi connectivity index (χ3v) is 7.43. The number of nitrogens with zero attached hydrogens (tertiary/aromatic N) is 2. The van der Waals surface area contributed by atoms with E-state index >= 15 is 0 Å². The monoisotopic (exact) mass is 584 g/mol. The summed E-state index contributed by atoms with van der Waals surface area (Å²) in [6.45, 7) is 25.7. The van der Waals surface area contributed by atoms with E-state index in [0.717, 1.165) is 0 Å². The summed E-state index contributed by atoms with van der Waals surface area (Å²) >= 11 is 0. The summed E-state index contributed by atoms with van der Waals surface area (Å²) in [4.78, 5) is 0. The lowest BCUT2D eigenvalue weighted by Gasteiger charge is -2.41. The molecule has 0 fully saturated rings. The highest BCUT2D eigenvalue weighted by molar-refractivity contribution is 4.53. The molecule has 0 spiro atoms. The zero-order valence-corrected chi connectivity index (χ0v) is 26.4. The van der Waals surface area contributed by atoms with Crippen LogP contribution in [0.2, 0.25) is 0 Å². The van der Waals surface area contributed by atoms with Gasteiger partial charge in [-0.1, -0.05) is 80.1 Å². The Kier molecular flexibility index (Phi) is 29.2. The first kappa shape index (κ1) is 37.4. The molecule has 0 aromatic carbocycles. The van der Waals surface area contributed by atoms with E-state index in [9.17, 15) is 0 Å². The second kappa shape index (κ2) is 25.0. The number of hydrogen-bond donors (Lipinski definition) is 0. The van der Waals surface area contributed by atoms with Crippen molar-refractivity contribution >= 4 is 0 Å². The zero-order valence-electron chi connectivity index (χ0n) is 23.2. The van der Waals surface area contributed by atoms with Crippen molar-refractivity contribution in [2.24, 2.45) is 0 Å². The van der Waals surface area contributed by atoms with Gasteiger partial charge < -0.3 is 42.9 Å². The molecule has 0 aliphatic carbocycles. The molecule has 0 amide bonds. The van der Waals surface area contributed by atoms with E-state index in [1.165, 1.54) is 151 Å². The predicted octanol–water partition coefficient (Wildman–Crippen LogP) is 2.21. The molecule has 0 saturated heterocycles. The van der Waals surface area contributed by atoms with Gasteiger partial charge in [0.25, 0.3) is 0 Å². The molecule has 0 N–H and O–H groups in total. The van der Waals surface area contributed by atoms with Crippen molar-refractivity contribution in [3.8, 4) is 0 Å². The molecule has 0 unspecified atom stereocenters. The van der Waals surface area contributed by atoms with Gasteiger partial charge >= 0.3 is 0 Å². The highest BCUT2D eigenvalue weighted by Gasteiger charge is 2.28. The molecular weight excluding hydrogens is 524 g/mol. The molecule has 0 aliphatic rings. The van der Waals surface area contributed by atoms with Crippen molar-refractivity contribution in [1.82, 2.24) is 0 Å². The summed E-state index contributed by atoms with van der Waals surface area (Å²) in [7, 11) is 0. The van der Waals surface area contributed by atoms with Gasteiger partial charge in [-0.15, -0.1) is 0 Å². The average Bonchev–Trinajstić information content (AvgIpc) is 2.77. The van der Waals surface area contributed by atoms with Gasteiger partial charge in [0.1, 0.15) is 0 Å². The Balaban J connectivity index is -0.00000420. The molecule has 32 heavy (non-hydrogen) atoms. The van der Waals surface area contributed by atoms with E-state index in [2.05, 4.69) is 41.5 Å². The van der Waals surface area contributed by atoms with Crippen molar-refractivity contribution in [2.45, 2.75) is 131 Å². The van der Waals surface area contributed by atoms with Crippen LogP contribution in [-0.2, 0) is 0 Å². The van der Waals surface area contributed by atoms with Gasteiger partial charge in [0.05, 0.1) is 52.4 Å². The largest absolute Gasteiger partial charge is 1.00 e. The van der Waals surface area contributed by atoms with Crippen LogP contribution in [0.15, 0.2) is 0 Å².